The smallest absolute Gasteiger partial charge is 0.303 e. The van der Waals surface area contributed by atoms with E-state index in [-0.39, 0.29) is 12.0 Å². The minimum absolute atomic E-state index is 0.106. The summed E-state index contributed by atoms with van der Waals surface area (Å²) >= 11 is 3.44. The molecule has 1 saturated heterocycles. The molecule has 1 aliphatic heterocycles. The minimum atomic E-state index is -0.777. The van der Waals surface area contributed by atoms with E-state index in [9.17, 15) is 9.59 Å². The third-order valence-electron chi connectivity index (χ3n) is 5.07. The molecule has 1 fully saturated rings. The Hall–Kier alpha value is -1.44. The predicted octanol–water partition coefficient (Wildman–Crippen LogP) is 4.42. The van der Waals surface area contributed by atoms with E-state index in [1.165, 1.54) is 19.4 Å². The van der Waals surface area contributed by atoms with Crippen LogP contribution in [0, 0.1) is 5.92 Å². The predicted molar refractivity (Wildman–Crippen MR) is 112 cm³/mol. The molecule has 0 amide bonds. The number of carbonyl (C=O) groups is 2. The molecule has 7 heteroatoms. The number of unbranched alkanes of at least 4 members (excludes halogenated alkanes) is 1. The average Bonchev–Trinajstić information content (AvgIpc) is 2.66. The summed E-state index contributed by atoms with van der Waals surface area (Å²) in [5, 5.41) is 0. The van der Waals surface area contributed by atoms with Crippen LogP contribution < -0.4 is 0 Å². The summed E-state index contributed by atoms with van der Waals surface area (Å²) in [6.07, 6.45) is 1.25. The summed E-state index contributed by atoms with van der Waals surface area (Å²) in [5.41, 5.74) is 1.27. The summed E-state index contributed by atoms with van der Waals surface area (Å²) in [4.78, 5) is 23.2. The molecule has 2 rings (SSSR count). The minimum Gasteiger partial charge on any atom is -0.458 e. The van der Waals surface area contributed by atoms with Crippen LogP contribution in [-0.2, 0) is 35.0 Å². The maximum absolute atomic E-state index is 11.6. The Kier molecular flexibility index (Phi) is 9.59. The van der Waals surface area contributed by atoms with Gasteiger partial charge in [-0.3, -0.25) is 9.59 Å². The zero-order valence-electron chi connectivity index (χ0n) is 17.6. The highest BCUT2D eigenvalue weighted by atomic mass is 79.9. The van der Waals surface area contributed by atoms with Crippen LogP contribution in [0.5, 0.6) is 0 Å². The maximum atomic E-state index is 11.6. The maximum Gasteiger partial charge on any atom is 0.303 e. The molecule has 0 aliphatic carbocycles. The molecule has 29 heavy (non-hydrogen) atoms. The summed E-state index contributed by atoms with van der Waals surface area (Å²) in [5.74, 6) is -0.976. The van der Waals surface area contributed by atoms with Gasteiger partial charge >= 0.3 is 11.9 Å². The first-order valence-electron chi connectivity index (χ1n) is 10.2. The standard InChI is InChI=1S/C22H31BrO6/c1-5-19-14(2)20(27-15(3)24)21(28-16(4)25)22(29-19)26-13-7-6-8-17-9-11-18(23)12-10-17/h9-12,14,19-22H,5-8,13H2,1-4H3/t14-,19-,20+,21-,22-/m1/s1. The number of benzene rings is 1. The highest BCUT2D eigenvalue weighted by Crippen LogP contribution is 2.32. The van der Waals surface area contributed by atoms with Gasteiger partial charge in [0.25, 0.3) is 0 Å². The summed E-state index contributed by atoms with van der Waals surface area (Å²) in [6, 6.07) is 8.27. The molecule has 0 spiro atoms. The second-order valence-corrected chi connectivity index (χ2v) is 8.33. The topological polar surface area (TPSA) is 71.1 Å². The Morgan fingerprint density at radius 2 is 1.66 bits per heavy atom. The molecule has 0 radical (unpaired) electrons. The van der Waals surface area contributed by atoms with E-state index in [2.05, 4.69) is 28.1 Å². The number of carbonyl (C=O) groups excluding carboxylic acids is 2. The number of aryl methyl sites for hydroxylation is 1. The second-order valence-electron chi connectivity index (χ2n) is 7.41. The Morgan fingerprint density at radius 1 is 1.03 bits per heavy atom. The van der Waals surface area contributed by atoms with Crippen LogP contribution in [0.25, 0.3) is 0 Å². The number of ether oxygens (including phenoxy) is 4. The summed E-state index contributed by atoms with van der Waals surface area (Å²) in [6.45, 7) is 7.10. The lowest BCUT2D eigenvalue weighted by atomic mass is 9.89. The van der Waals surface area contributed by atoms with Crippen LogP contribution in [0.2, 0.25) is 0 Å². The van der Waals surface area contributed by atoms with E-state index in [0.29, 0.717) is 6.61 Å². The number of hydrogen-bond acceptors (Lipinski definition) is 6. The fourth-order valence-electron chi connectivity index (χ4n) is 3.60. The Balaban J connectivity index is 1.94. The molecular formula is C22H31BrO6. The van der Waals surface area contributed by atoms with Crippen molar-refractivity contribution in [1.82, 2.24) is 0 Å². The van der Waals surface area contributed by atoms with Crippen molar-refractivity contribution in [2.45, 2.75) is 78.0 Å². The van der Waals surface area contributed by atoms with Gasteiger partial charge in [-0.15, -0.1) is 0 Å². The molecule has 1 heterocycles. The number of rotatable bonds is 9. The van der Waals surface area contributed by atoms with Crippen LogP contribution in [-0.4, -0.2) is 43.1 Å². The van der Waals surface area contributed by atoms with Gasteiger partial charge in [-0.05, 0) is 43.4 Å². The van der Waals surface area contributed by atoms with Crippen molar-refractivity contribution in [1.29, 1.82) is 0 Å². The molecule has 1 aromatic rings. The van der Waals surface area contributed by atoms with Gasteiger partial charge in [0.05, 0.1) is 6.10 Å². The molecule has 0 aromatic heterocycles. The molecule has 0 saturated carbocycles. The van der Waals surface area contributed by atoms with Gasteiger partial charge in [-0.2, -0.15) is 0 Å². The fraction of sp³-hybridized carbons (Fsp3) is 0.636. The van der Waals surface area contributed by atoms with Crippen molar-refractivity contribution in [3.63, 3.8) is 0 Å². The highest BCUT2D eigenvalue weighted by molar-refractivity contribution is 9.10. The van der Waals surface area contributed by atoms with Gasteiger partial charge in [-0.25, -0.2) is 0 Å². The average molecular weight is 471 g/mol. The van der Waals surface area contributed by atoms with E-state index in [0.717, 1.165) is 30.2 Å². The van der Waals surface area contributed by atoms with Crippen LogP contribution >= 0.6 is 15.9 Å². The van der Waals surface area contributed by atoms with E-state index in [4.69, 9.17) is 18.9 Å². The van der Waals surface area contributed by atoms with E-state index >= 15 is 0 Å². The van der Waals surface area contributed by atoms with E-state index in [1.807, 2.05) is 26.0 Å². The molecule has 1 aliphatic rings. The van der Waals surface area contributed by atoms with Gasteiger partial charge in [0, 0.05) is 30.8 Å². The second kappa shape index (κ2) is 11.7. The van der Waals surface area contributed by atoms with E-state index < -0.39 is 30.4 Å². The largest absolute Gasteiger partial charge is 0.458 e. The summed E-state index contributed by atoms with van der Waals surface area (Å²) < 4.78 is 24.0. The monoisotopic (exact) mass is 470 g/mol. The lowest BCUT2D eigenvalue weighted by Crippen LogP contribution is -2.57. The lowest BCUT2D eigenvalue weighted by Gasteiger charge is -2.43. The molecule has 5 atom stereocenters. The third-order valence-corrected chi connectivity index (χ3v) is 5.60. The van der Waals surface area contributed by atoms with Crippen LogP contribution in [0.1, 0.15) is 52.5 Å². The Morgan fingerprint density at radius 3 is 2.24 bits per heavy atom. The lowest BCUT2D eigenvalue weighted by molar-refractivity contribution is -0.290. The van der Waals surface area contributed by atoms with Gasteiger partial charge in [-0.1, -0.05) is 41.9 Å². The van der Waals surface area contributed by atoms with Crippen LogP contribution in [0.15, 0.2) is 28.7 Å². The van der Waals surface area contributed by atoms with Crippen molar-refractivity contribution in [3.8, 4) is 0 Å². The van der Waals surface area contributed by atoms with Crippen molar-refractivity contribution in [2.75, 3.05) is 6.61 Å². The van der Waals surface area contributed by atoms with Crippen molar-refractivity contribution < 1.29 is 28.5 Å². The zero-order chi connectivity index (χ0) is 21.4. The number of halogens is 1. The normalized spacial score (nSPS) is 26.7. The summed E-state index contributed by atoms with van der Waals surface area (Å²) in [7, 11) is 0. The first kappa shape index (κ1) is 23.8. The SMILES string of the molecule is CC[C@H]1O[C@@H](OCCCCc2ccc(Br)cc2)[C@H](OC(C)=O)[C@@H](OC(C)=O)[C@@H]1C. The first-order chi connectivity index (χ1) is 13.8. The molecule has 0 N–H and O–H groups in total. The van der Waals surface area contributed by atoms with Gasteiger partial charge in [0.1, 0.15) is 6.10 Å². The van der Waals surface area contributed by atoms with Crippen molar-refractivity contribution in [3.05, 3.63) is 34.3 Å². The Bertz CT molecular complexity index is 662. The zero-order valence-corrected chi connectivity index (χ0v) is 19.1. The van der Waals surface area contributed by atoms with Gasteiger partial charge < -0.3 is 18.9 Å². The Labute approximate surface area is 181 Å². The van der Waals surface area contributed by atoms with Gasteiger partial charge in [0.2, 0.25) is 0 Å². The molecule has 162 valence electrons. The highest BCUT2D eigenvalue weighted by Gasteiger charge is 2.47. The molecule has 1 aromatic carbocycles. The molecule has 0 unspecified atom stereocenters. The van der Waals surface area contributed by atoms with Crippen LogP contribution in [0.4, 0.5) is 0 Å². The van der Waals surface area contributed by atoms with E-state index in [1.54, 1.807) is 0 Å². The van der Waals surface area contributed by atoms with Gasteiger partial charge in [0.15, 0.2) is 12.4 Å². The number of esters is 2. The third kappa shape index (κ3) is 7.39. The molecule has 0 bridgehead atoms. The van der Waals surface area contributed by atoms with Crippen molar-refractivity contribution >= 4 is 27.9 Å². The molecular weight excluding hydrogens is 440 g/mol. The quantitative estimate of drug-likeness (QED) is 0.392. The number of hydrogen-bond donors (Lipinski definition) is 0. The first-order valence-corrected chi connectivity index (χ1v) is 11.0. The fourth-order valence-corrected chi connectivity index (χ4v) is 3.87. The van der Waals surface area contributed by atoms with Crippen LogP contribution in [0.3, 0.4) is 0 Å². The van der Waals surface area contributed by atoms with Crippen molar-refractivity contribution in [2.24, 2.45) is 5.92 Å². The molecule has 6 nitrogen and oxygen atoms in total.